The summed E-state index contributed by atoms with van der Waals surface area (Å²) in [6.07, 6.45) is 11.0. The summed E-state index contributed by atoms with van der Waals surface area (Å²) in [7, 11) is 0. The zero-order valence-corrected chi connectivity index (χ0v) is 9.50. The highest BCUT2D eigenvalue weighted by molar-refractivity contribution is 7.80. The number of hydrogen-bond acceptors (Lipinski definition) is 1. The second-order valence-electron chi connectivity index (χ2n) is 3.59. The highest BCUT2D eigenvalue weighted by atomic mass is 32.1. The first kappa shape index (κ1) is 13.3. The zero-order valence-electron chi connectivity index (χ0n) is 8.60. The van der Waals surface area contributed by atoms with Crippen LogP contribution in [0.15, 0.2) is 0 Å². The number of rotatable bonds is 10. The smallest absolute Gasteiger partial charge is 0.0894 e. The van der Waals surface area contributed by atoms with Gasteiger partial charge >= 0.3 is 0 Å². The van der Waals surface area contributed by atoms with Gasteiger partial charge in [0.25, 0.3) is 0 Å². The van der Waals surface area contributed by atoms with Crippen LogP contribution in [-0.2, 0) is 0 Å². The van der Waals surface area contributed by atoms with Crippen LogP contribution in [0, 0.1) is 0 Å². The first-order valence-electron chi connectivity index (χ1n) is 5.58. The Kier molecular flexibility index (Phi) is 12.5. The molecule has 0 aromatic heterocycles. The van der Waals surface area contributed by atoms with Crippen molar-refractivity contribution in [1.82, 2.24) is 0 Å². The SMILES string of the molecule is FCCCCCCCCCCCS. The predicted molar refractivity (Wildman–Crippen MR) is 61.4 cm³/mol. The molecule has 0 fully saturated rings. The normalized spacial score (nSPS) is 10.6. The Hall–Kier alpha value is 0.280. The first-order valence-corrected chi connectivity index (χ1v) is 6.22. The van der Waals surface area contributed by atoms with Gasteiger partial charge in [0.05, 0.1) is 6.67 Å². The van der Waals surface area contributed by atoms with Crippen LogP contribution in [0.4, 0.5) is 4.39 Å². The molecule has 0 rings (SSSR count). The largest absolute Gasteiger partial charge is 0.251 e. The van der Waals surface area contributed by atoms with Gasteiger partial charge in [0.2, 0.25) is 0 Å². The third-order valence-electron chi connectivity index (χ3n) is 2.29. The molecule has 13 heavy (non-hydrogen) atoms. The van der Waals surface area contributed by atoms with Crippen molar-refractivity contribution in [2.75, 3.05) is 12.4 Å². The Morgan fingerprint density at radius 2 is 1.00 bits per heavy atom. The van der Waals surface area contributed by atoms with Crippen molar-refractivity contribution in [2.24, 2.45) is 0 Å². The standard InChI is InChI=1S/C11H23FS/c12-10-8-6-4-2-1-3-5-7-9-11-13/h13H,1-11H2. The van der Waals surface area contributed by atoms with E-state index in [1.165, 1.54) is 44.9 Å². The molecule has 0 radical (unpaired) electrons. The molecule has 0 amide bonds. The van der Waals surface area contributed by atoms with Crippen LogP contribution < -0.4 is 0 Å². The lowest BCUT2D eigenvalue weighted by molar-refractivity contribution is 0.449. The van der Waals surface area contributed by atoms with Gasteiger partial charge in [0.1, 0.15) is 0 Å². The van der Waals surface area contributed by atoms with Crippen molar-refractivity contribution in [3.8, 4) is 0 Å². The summed E-state index contributed by atoms with van der Waals surface area (Å²) in [6.45, 7) is -0.137. The van der Waals surface area contributed by atoms with Gasteiger partial charge in [-0.3, -0.25) is 4.39 Å². The van der Waals surface area contributed by atoms with Gasteiger partial charge in [-0.2, -0.15) is 12.6 Å². The van der Waals surface area contributed by atoms with E-state index >= 15 is 0 Å². The van der Waals surface area contributed by atoms with E-state index in [9.17, 15) is 4.39 Å². The van der Waals surface area contributed by atoms with E-state index in [0.717, 1.165) is 18.6 Å². The lowest BCUT2D eigenvalue weighted by Crippen LogP contribution is -1.82. The molecule has 2 heteroatoms. The molecule has 0 aromatic rings. The number of alkyl halides is 1. The molecule has 0 atom stereocenters. The molecule has 0 aromatic carbocycles. The second-order valence-corrected chi connectivity index (χ2v) is 4.04. The minimum absolute atomic E-state index is 0.137. The van der Waals surface area contributed by atoms with E-state index in [-0.39, 0.29) is 6.67 Å². The van der Waals surface area contributed by atoms with Crippen molar-refractivity contribution in [1.29, 1.82) is 0 Å². The van der Waals surface area contributed by atoms with Crippen molar-refractivity contribution in [3.05, 3.63) is 0 Å². The van der Waals surface area contributed by atoms with Gasteiger partial charge < -0.3 is 0 Å². The number of unbranched alkanes of at least 4 members (excludes halogenated alkanes) is 8. The van der Waals surface area contributed by atoms with Crippen LogP contribution in [0.2, 0.25) is 0 Å². The van der Waals surface area contributed by atoms with E-state index in [1.54, 1.807) is 0 Å². The molecular weight excluding hydrogens is 183 g/mol. The average Bonchev–Trinajstić information content (AvgIpc) is 2.16. The molecule has 0 N–H and O–H groups in total. The Balaban J connectivity index is 2.76. The van der Waals surface area contributed by atoms with Crippen molar-refractivity contribution < 1.29 is 4.39 Å². The molecule has 0 saturated carbocycles. The van der Waals surface area contributed by atoms with Gasteiger partial charge in [-0.1, -0.05) is 44.9 Å². The Morgan fingerprint density at radius 1 is 0.615 bits per heavy atom. The Bertz CT molecular complexity index is 76.2. The lowest BCUT2D eigenvalue weighted by atomic mass is 10.1. The third-order valence-corrected chi connectivity index (χ3v) is 2.61. The number of thiol groups is 1. The van der Waals surface area contributed by atoms with Gasteiger partial charge in [0.15, 0.2) is 0 Å². The van der Waals surface area contributed by atoms with E-state index in [1.807, 2.05) is 0 Å². The summed E-state index contributed by atoms with van der Waals surface area (Å²) in [6, 6.07) is 0. The maximum atomic E-state index is 11.7. The van der Waals surface area contributed by atoms with E-state index in [0.29, 0.717) is 0 Å². The van der Waals surface area contributed by atoms with Crippen LogP contribution in [0.1, 0.15) is 57.8 Å². The van der Waals surface area contributed by atoms with Gasteiger partial charge in [-0.05, 0) is 18.6 Å². The quantitative estimate of drug-likeness (QED) is 0.397. The molecule has 0 heterocycles. The summed E-state index contributed by atoms with van der Waals surface area (Å²) in [5.74, 6) is 1.02. The topological polar surface area (TPSA) is 0 Å². The molecule has 0 saturated heterocycles. The number of hydrogen-bond donors (Lipinski definition) is 1. The minimum atomic E-state index is -0.137. The third kappa shape index (κ3) is 12.3. The van der Waals surface area contributed by atoms with Crippen LogP contribution in [0.3, 0.4) is 0 Å². The molecule has 80 valence electrons. The van der Waals surface area contributed by atoms with E-state index < -0.39 is 0 Å². The lowest BCUT2D eigenvalue weighted by Gasteiger charge is -2.00. The minimum Gasteiger partial charge on any atom is -0.251 e. The molecule has 0 spiro atoms. The summed E-state index contributed by atoms with van der Waals surface area (Å²) in [5.41, 5.74) is 0. The highest BCUT2D eigenvalue weighted by Gasteiger charge is 1.91. The molecular formula is C11H23FS. The average molecular weight is 206 g/mol. The monoisotopic (exact) mass is 206 g/mol. The molecule has 0 nitrogen and oxygen atoms in total. The van der Waals surface area contributed by atoms with Crippen molar-refractivity contribution in [2.45, 2.75) is 57.8 Å². The summed E-state index contributed by atoms with van der Waals surface area (Å²) in [5, 5.41) is 0. The van der Waals surface area contributed by atoms with Crippen LogP contribution in [0.25, 0.3) is 0 Å². The fraction of sp³-hybridized carbons (Fsp3) is 1.00. The maximum Gasteiger partial charge on any atom is 0.0894 e. The van der Waals surface area contributed by atoms with Crippen LogP contribution in [0.5, 0.6) is 0 Å². The summed E-state index contributed by atoms with van der Waals surface area (Å²) < 4.78 is 11.7. The molecule has 0 bridgehead atoms. The summed E-state index contributed by atoms with van der Waals surface area (Å²) in [4.78, 5) is 0. The van der Waals surface area contributed by atoms with Gasteiger partial charge in [-0.25, -0.2) is 0 Å². The number of halogens is 1. The highest BCUT2D eigenvalue weighted by Crippen LogP contribution is 2.09. The maximum absolute atomic E-state index is 11.7. The van der Waals surface area contributed by atoms with Crippen LogP contribution in [-0.4, -0.2) is 12.4 Å². The molecule has 0 aliphatic rings. The van der Waals surface area contributed by atoms with Crippen molar-refractivity contribution >= 4 is 12.6 Å². The van der Waals surface area contributed by atoms with E-state index in [4.69, 9.17) is 0 Å². The Labute approximate surface area is 87.7 Å². The Morgan fingerprint density at radius 3 is 1.38 bits per heavy atom. The fourth-order valence-electron chi connectivity index (χ4n) is 1.44. The zero-order chi connectivity index (χ0) is 9.78. The predicted octanol–water partition coefficient (Wildman–Crippen LogP) is 4.40. The molecule has 0 unspecified atom stereocenters. The van der Waals surface area contributed by atoms with E-state index in [2.05, 4.69) is 12.6 Å². The van der Waals surface area contributed by atoms with Crippen molar-refractivity contribution in [3.63, 3.8) is 0 Å². The van der Waals surface area contributed by atoms with Gasteiger partial charge in [0, 0.05) is 0 Å². The molecule has 0 aliphatic carbocycles. The summed E-state index contributed by atoms with van der Waals surface area (Å²) >= 11 is 4.17. The molecule has 0 aliphatic heterocycles. The first-order chi connectivity index (χ1) is 6.41. The van der Waals surface area contributed by atoms with Crippen LogP contribution >= 0.6 is 12.6 Å². The fourth-order valence-corrected chi connectivity index (χ4v) is 1.67. The van der Waals surface area contributed by atoms with Gasteiger partial charge in [-0.15, -0.1) is 0 Å². The second kappa shape index (κ2) is 12.3.